The molecule has 0 saturated carbocycles. The van der Waals surface area contributed by atoms with E-state index in [1.54, 1.807) is 0 Å². The van der Waals surface area contributed by atoms with E-state index >= 15 is 0 Å². The van der Waals surface area contributed by atoms with Crippen LogP contribution in [0.25, 0.3) is 0 Å². The van der Waals surface area contributed by atoms with E-state index in [1.807, 2.05) is 4.72 Å². The van der Waals surface area contributed by atoms with Gasteiger partial charge in [0.05, 0.1) is 11.6 Å². The molecule has 1 aromatic rings. The van der Waals surface area contributed by atoms with Crippen molar-refractivity contribution in [2.75, 3.05) is 12.3 Å². The molecule has 0 amide bonds. The Morgan fingerprint density at radius 2 is 1.91 bits per heavy atom. The average molecular weight is 369 g/mol. The molecule has 1 aliphatic heterocycles. The summed E-state index contributed by atoms with van der Waals surface area (Å²) in [5.41, 5.74) is 5.75. The van der Waals surface area contributed by atoms with Gasteiger partial charge in [-0.2, -0.15) is 0 Å². The molecule has 130 valence electrons. The number of nitrogen functional groups attached to an aromatic ring is 1. The van der Waals surface area contributed by atoms with Gasteiger partial charge in [0.15, 0.2) is 6.29 Å². The minimum absolute atomic E-state index is 0.146. The molecule has 1 heterocycles. The van der Waals surface area contributed by atoms with Crippen molar-refractivity contribution in [3.05, 3.63) is 23.2 Å². The zero-order chi connectivity index (χ0) is 17.4. The van der Waals surface area contributed by atoms with Crippen molar-refractivity contribution < 1.29 is 33.6 Å². The van der Waals surface area contributed by atoms with Gasteiger partial charge >= 0.3 is 0 Å². The minimum atomic E-state index is -4.23. The van der Waals surface area contributed by atoms with Crippen LogP contribution in [0.3, 0.4) is 0 Å². The van der Waals surface area contributed by atoms with Crippen molar-refractivity contribution >= 4 is 27.3 Å². The Kier molecular flexibility index (Phi) is 5.48. The number of aliphatic hydroxyl groups excluding tert-OH is 4. The monoisotopic (exact) mass is 368 g/mol. The highest BCUT2D eigenvalue weighted by molar-refractivity contribution is 7.89. The van der Waals surface area contributed by atoms with Crippen LogP contribution < -0.4 is 10.5 Å². The van der Waals surface area contributed by atoms with Gasteiger partial charge in [0.25, 0.3) is 0 Å². The van der Waals surface area contributed by atoms with E-state index in [0.717, 1.165) is 6.07 Å². The van der Waals surface area contributed by atoms with Crippen molar-refractivity contribution in [2.24, 2.45) is 0 Å². The number of ether oxygens (including phenoxy) is 1. The molecular formula is C12H17ClN2O7S. The van der Waals surface area contributed by atoms with Gasteiger partial charge in [-0.3, -0.25) is 0 Å². The summed E-state index contributed by atoms with van der Waals surface area (Å²) in [4.78, 5) is -0.313. The number of aliphatic hydroxyl groups is 4. The largest absolute Gasteiger partial charge is 0.399 e. The molecule has 9 nitrogen and oxygen atoms in total. The van der Waals surface area contributed by atoms with Gasteiger partial charge < -0.3 is 30.9 Å². The zero-order valence-electron chi connectivity index (χ0n) is 11.7. The first kappa shape index (κ1) is 18.4. The highest BCUT2D eigenvalue weighted by Crippen LogP contribution is 2.26. The fourth-order valence-corrected chi connectivity index (χ4v) is 4.00. The summed E-state index contributed by atoms with van der Waals surface area (Å²) in [6.07, 6.45) is -6.29. The van der Waals surface area contributed by atoms with Gasteiger partial charge in [-0.1, -0.05) is 11.6 Å². The minimum Gasteiger partial charge on any atom is -0.399 e. The summed E-state index contributed by atoms with van der Waals surface area (Å²) in [6.45, 7) is -0.654. The molecule has 0 bridgehead atoms. The third kappa shape index (κ3) is 3.75. The number of halogens is 1. The molecule has 7 N–H and O–H groups in total. The second kappa shape index (κ2) is 6.87. The van der Waals surface area contributed by atoms with Gasteiger partial charge in [0, 0.05) is 5.69 Å². The van der Waals surface area contributed by atoms with E-state index in [1.165, 1.54) is 12.1 Å². The maximum absolute atomic E-state index is 12.3. The van der Waals surface area contributed by atoms with Crippen molar-refractivity contribution in [1.82, 2.24) is 4.72 Å². The fraction of sp³-hybridized carbons (Fsp3) is 0.500. The third-order valence-corrected chi connectivity index (χ3v) is 5.38. The predicted molar refractivity (Wildman–Crippen MR) is 80.0 cm³/mol. The van der Waals surface area contributed by atoms with Crippen molar-refractivity contribution in [3.8, 4) is 0 Å². The molecule has 0 aliphatic carbocycles. The Bertz CT molecular complexity index is 671. The maximum atomic E-state index is 12.3. The number of rotatable bonds is 4. The Morgan fingerprint density at radius 1 is 1.26 bits per heavy atom. The van der Waals surface area contributed by atoms with E-state index in [2.05, 4.69) is 0 Å². The molecule has 1 saturated heterocycles. The topological polar surface area (TPSA) is 162 Å². The SMILES string of the molecule is Nc1ccc(S(=O)(=O)N[C@H]2[C@@H](O)[C@H](O)[C@@H](CO)O[C@H]2O)c(Cl)c1. The lowest BCUT2D eigenvalue weighted by molar-refractivity contribution is -0.251. The second-order valence-electron chi connectivity index (χ2n) is 5.07. The summed E-state index contributed by atoms with van der Waals surface area (Å²) in [7, 11) is -4.23. The van der Waals surface area contributed by atoms with Crippen LogP contribution in [0.5, 0.6) is 0 Å². The molecule has 5 atom stereocenters. The van der Waals surface area contributed by atoms with Gasteiger partial charge in [-0.15, -0.1) is 0 Å². The van der Waals surface area contributed by atoms with Gasteiger partial charge in [0.2, 0.25) is 10.0 Å². The van der Waals surface area contributed by atoms with Crippen LogP contribution in [0.2, 0.25) is 5.02 Å². The van der Waals surface area contributed by atoms with E-state index < -0.39 is 47.3 Å². The Hall–Kier alpha value is -0.980. The van der Waals surface area contributed by atoms with Crippen LogP contribution >= 0.6 is 11.6 Å². The van der Waals surface area contributed by atoms with Crippen LogP contribution in [0.4, 0.5) is 5.69 Å². The lowest BCUT2D eigenvalue weighted by atomic mass is 9.98. The lowest BCUT2D eigenvalue weighted by Crippen LogP contribution is -2.64. The molecule has 0 aromatic heterocycles. The molecule has 23 heavy (non-hydrogen) atoms. The molecule has 1 fully saturated rings. The standard InChI is InChI=1S/C12H17ClN2O7S/c13-6-3-5(14)1-2-8(6)23(20,21)15-9-11(18)10(17)7(4-16)22-12(9)19/h1-3,7,9-12,15-19H,4,14H2/t7-,9+,10-,11-,12-/m1/s1. The normalized spacial score (nSPS) is 32.0. The average Bonchev–Trinajstić information content (AvgIpc) is 2.47. The quantitative estimate of drug-likeness (QED) is 0.332. The molecule has 1 aliphatic rings. The number of hydrogen-bond donors (Lipinski definition) is 6. The third-order valence-electron chi connectivity index (χ3n) is 3.44. The summed E-state index contributed by atoms with van der Waals surface area (Å²) in [6, 6.07) is 2.17. The molecule has 1 aromatic carbocycles. The van der Waals surface area contributed by atoms with E-state index in [4.69, 9.17) is 27.2 Å². The van der Waals surface area contributed by atoms with Gasteiger partial charge in [0.1, 0.15) is 29.2 Å². The number of anilines is 1. The fourth-order valence-electron chi connectivity index (χ4n) is 2.20. The molecule has 2 rings (SSSR count). The number of benzene rings is 1. The van der Waals surface area contributed by atoms with Crippen molar-refractivity contribution in [2.45, 2.75) is 35.5 Å². The Morgan fingerprint density at radius 3 is 2.48 bits per heavy atom. The van der Waals surface area contributed by atoms with Crippen LogP contribution in [0.1, 0.15) is 0 Å². The van der Waals surface area contributed by atoms with E-state index in [-0.39, 0.29) is 15.6 Å². The highest BCUT2D eigenvalue weighted by Gasteiger charge is 2.45. The highest BCUT2D eigenvalue weighted by atomic mass is 35.5. The number of sulfonamides is 1. The summed E-state index contributed by atoms with van der Waals surface area (Å²) in [5.74, 6) is 0. The smallest absolute Gasteiger partial charge is 0.242 e. The van der Waals surface area contributed by atoms with Crippen LogP contribution in [-0.2, 0) is 14.8 Å². The van der Waals surface area contributed by atoms with Gasteiger partial charge in [-0.05, 0) is 18.2 Å². The van der Waals surface area contributed by atoms with E-state index in [9.17, 15) is 23.7 Å². The molecule has 0 radical (unpaired) electrons. The summed E-state index contributed by atoms with van der Waals surface area (Å²) in [5, 5.41) is 38.3. The number of nitrogens with two attached hydrogens (primary N) is 1. The van der Waals surface area contributed by atoms with Crippen molar-refractivity contribution in [3.63, 3.8) is 0 Å². The molecule has 0 unspecified atom stereocenters. The zero-order valence-corrected chi connectivity index (χ0v) is 13.3. The number of nitrogens with one attached hydrogen (secondary N) is 1. The molecule has 0 spiro atoms. The second-order valence-corrected chi connectivity index (χ2v) is 7.16. The molecule has 11 heteroatoms. The van der Waals surface area contributed by atoms with E-state index in [0.29, 0.717) is 0 Å². The van der Waals surface area contributed by atoms with Crippen molar-refractivity contribution in [1.29, 1.82) is 0 Å². The first-order valence-corrected chi connectivity index (χ1v) is 8.41. The first-order valence-electron chi connectivity index (χ1n) is 6.55. The Labute approximate surface area is 137 Å². The summed E-state index contributed by atoms with van der Waals surface area (Å²) < 4.78 is 31.6. The number of hydrogen-bond acceptors (Lipinski definition) is 8. The summed E-state index contributed by atoms with van der Waals surface area (Å²) >= 11 is 5.84. The predicted octanol–water partition coefficient (Wildman–Crippen LogP) is -2.00. The van der Waals surface area contributed by atoms with Crippen LogP contribution in [-0.4, -0.2) is 66.1 Å². The van der Waals surface area contributed by atoms with Crippen LogP contribution in [0.15, 0.2) is 23.1 Å². The Balaban J connectivity index is 2.26. The lowest BCUT2D eigenvalue weighted by Gasteiger charge is -2.40. The van der Waals surface area contributed by atoms with Gasteiger partial charge in [-0.25, -0.2) is 13.1 Å². The van der Waals surface area contributed by atoms with Crippen LogP contribution in [0, 0.1) is 0 Å². The maximum Gasteiger partial charge on any atom is 0.242 e. The first-order chi connectivity index (χ1) is 10.7. The molecular weight excluding hydrogens is 352 g/mol.